The van der Waals surface area contributed by atoms with E-state index >= 15 is 0 Å². The van der Waals surface area contributed by atoms with Crippen LogP contribution in [0.15, 0.2) is 67.3 Å². The highest BCUT2D eigenvalue weighted by atomic mass is 16.6. The van der Waals surface area contributed by atoms with Gasteiger partial charge in [-0.25, -0.2) is 14.8 Å². The molecule has 5 rings (SSSR count). The Bertz CT molecular complexity index is 1420. The van der Waals surface area contributed by atoms with Gasteiger partial charge in [-0.1, -0.05) is 12.1 Å². The molecule has 0 atom stereocenters. The quantitative estimate of drug-likeness (QED) is 0.331. The Morgan fingerprint density at radius 1 is 1.07 bits per heavy atom. The van der Waals surface area contributed by atoms with E-state index in [1.165, 1.54) is 5.69 Å². The average Bonchev–Trinajstić information content (AvgIpc) is 3.38. The Morgan fingerprint density at radius 3 is 2.52 bits per heavy atom. The number of amides is 1. The van der Waals surface area contributed by atoms with Crippen LogP contribution >= 0.6 is 0 Å². The molecule has 9 nitrogen and oxygen atoms in total. The summed E-state index contributed by atoms with van der Waals surface area (Å²) in [6.45, 7) is 10.2. The summed E-state index contributed by atoms with van der Waals surface area (Å²) in [5.74, 6) is 0.765. The first kappa shape index (κ1) is 27.3. The maximum Gasteiger partial charge on any atom is 0.407 e. The number of piperidine rings is 1. The molecule has 1 aliphatic heterocycles. The predicted molar refractivity (Wildman–Crippen MR) is 156 cm³/mol. The van der Waals surface area contributed by atoms with Gasteiger partial charge in [-0.15, -0.1) is 0 Å². The Labute approximate surface area is 235 Å². The molecular weight excluding hydrogens is 502 g/mol. The molecular formula is C31H37N7O2. The third kappa shape index (κ3) is 6.83. The monoisotopic (exact) mass is 539 g/mol. The molecule has 0 bridgehead atoms. The van der Waals surface area contributed by atoms with Crippen molar-refractivity contribution in [2.24, 2.45) is 0 Å². The maximum absolute atomic E-state index is 12.1. The highest BCUT2D eigenvalue weighted by Crippen LogP contribution is 2.30. The molecule has 1 saturated heterocycles. The summed E-state index contributed by atoms with van der Waals surface area (Å²) in [4.78, 5) is 28.2. The molecule has 1 fully saturated rings. The number of nitrogens with one attached hydrogen (secondary N) is 1. The van der Waals surface area contributed by atoms with Crippen molar-refractivity contribution < 1.29 is 9.53 Å². The lowest BCUT2D eigenvalue weighted by Gasteiger charge is -2.34. The van der Waals surface area contributed by atoms with Gasteiger partial charge in [0.25, 0.3) is 0 Å². The fraction of sp³-hybridized carbons (Fsp3) is 0.387. The van der Waals surface area contributed by atoms with Gasteiger partial charge in [0.1, 0.15) is 17.1 Å². The lowest BCUT2D eigenvalue weighted by atomic mass is 10.0. The molecule has 4 aromatic rings. The van der Waals surface area contributed by atoms with E-state index in [2.05, 4.69) is 51.4 Å². The molecule has 3 aromatic heterocycles. The van der Waals surface area contributed by atoms with E-state index in [1.807, 2.05) is 62.2 Å². The van der Waals surface area contributed by atoms with Crippen LogP contribution in [0.4, 0.5) is 10.5 Å². The van der Waals surface area contributed by atoms with Crippen LogP contribution in [0.25, 0.3) is 22.5 Å². The SMILES string of the molecule is CCn1cc(-c2ccnc(Cc3ccc(N4CCC(NC(=O)OC(C)(C)C)CC4)cc3)n2)c(-c2cccnc2)n1. The number of carbonyl (C=O) groups is 1. The number of rotatable bonds is 7. The maximum atomic E-state index is 12.1. The van der Waals surface area contributed by atoms with Crippen molar-refractivity contribution in [3.8, 4) is 22.5 Å². The molecule has 1 N–H and O–H groups in total. The van der Waals surface area contributed by atoms with E-state index < -0.39 is 5.60 Å². The van der Waals surface area contributed by atoms with Crippen LogP contribution in [-0.4, -0.2) is 55.6 Å². The first-order valence-electron chi connectivity index (χ1n) is 13.9. The van der Waals surface area contributed by atoms with Gasteiger partial charge in [0, 0.05) is 73.7 Å². The van der Waals surface area contributed by atoms with Crippen molar-refractivity contribution in [2.75, 3.05) is 18.0 Å². The second-order valence-corrected chi connectivity index (χ2v) is 11.1. The lowest BCUT2D eigenvalue weighted by Crippen LogP contribution is -2.46. The normalized spacial score (nSPS) is 14.2. The van der Waals surface area contributed by atoms with Crippen LogP contribution < -0.4 is 10.2 Å². The van der Waals surface area contributed by atoms with Crippen LogP contribution in [0.2, 0.25) is 0 Å². The number of aryl methyl sites for hydroxylation is 1. The highest BCUT2D eigenvalue weighted by Gasteiger charge is 2.24. The fourth-order valence-corrected chi connectivity index (χ4v) is 4.88. The van der Waals surface area contributed by atoms with Gasteiger partial charge in [-0.3, -0.25) is 9.67 Å². The number of pyridine rings is 1. The summed E-state index contributed by atoms with van der Waals surface area (Å²) in [6.07, 6.45) is 9.52. The van der Waals surface area contributed by atoms with E-state index in [-0.39, 0.29) is 12.1 Å². The lowest BCUT2D eigenvalue weighted by molar-refractivity contribution is 0.0497. The standard InChI is InChI=1S/C31H37N7O2/c1-5-38-21-26(29(36-38)23-7-6-15-32-20-23)27-12-16-33-28(35-27)19-22-8-10-25(11-9-22)37-17-13-24(14-18-37)34-30(39)40-31(2,3)4/h6-12,15-16,20-21,24H,5,13-14,17-19H2,1-4H3,(H,34,39). The third-order valence-electron chi connectivity index (χ3n) is 6.88. The predicted octanol–water partition coefficient (Wildman–Crippen LogP) is 5.51. The van der Waals surface area contributed by atoms with E-state index in [9.17, 15) is 4.79 Å². The Balaban J connectivity index is 1.22. The van der Waals surface area contributed by atoms with Gasteiger partial charge in [0.15, 0.2) is 0 Å². The molecule has 0 unspecified atom stereocenters. The molecule has 0 spiro atoms. The average molecular weight is 540 g/mol. The largest absolute Gasteiger partial charge is 0.444 e. The Morgan fingerprint density at radius 2 is 1.85 bits per heavy atom. The summed E-state index contributed by atoms with van der Waals surface area (Å²) >= 11 is 0. The minimum atomic E-state index is -0.486. The molecule has 1 aromatic carbocycles. The number of benzene rings is 1. The van der Waals surface area contributed by atoms with Crippen LogP contribution in [0, 0.1) is 0 Å². The topological polar surface area (TPSA) is 98.1 Å². The zero-order valence-corrected chi connectivity index (χ0v) is 23.7. The first-order valence-corrected chi connectivity index (χ1v) is 13.9. The summed E-state index contributed by atoms with van der Waals surface area (Å²) in [5, 5.41) is 7.77. The van der Waals surface area contributed by atoms with E-state index in [4.69, 9.17) is 14.8 Å². The Kier molecular flexibility index (Phi) is 8.09. The minimum absolute atomic E-state index is 0.137. The van der Waals surface area contributed by atoms with Crippen LogP contribution in [0.3, 0.4) is 0 Å². The molecule has 0 saturated carbocycles. The number of carbonyl (C=O) groups excluding carboxylic acids is 1. The van der Waals surface area contributed by atoms with Crippen LogP contribution in [-0.2, 0) is 17.7 Å². The molecule has 40 heavy (non-hydrogen) atoms. The highest BCUT2D eigenvalue weighted by molar-refractivity contribution is 5.78. The molecule has 9 heteroatoms. The minimum Gasteiger partial charge on any atom is -0.444 e. The van der Waals surface area contributed by atoms with E-state index in [1.54, 1.807) is 6.20 Å². The van der Waals surface area contributed by atoms with Gasteiger partial charge in [-0.05, 0) is 76.4 Å². The fourth-order valence-electron chi connectivity index (χ4n) is 4.88. The van der Waals surface area contributed by atoms with Gasteiger partial charge in [0.05, 0.1) is 5.69 Å². The molecule has 1 amide bonds. The van der Waals surface area contributed by atoms with Gasteiger partial charge < -0.3 is 15.0 Å². The van der Waals surface area contributed by atoms with E-state index in [0.29, 0.717) is 6.42 Å². The molecule has 0 radical (unpaired) electrons. The van der Waals surface area contributed by atoms with Crippen molar-refractivity contribution in [3.63, 3.8) is 0 Å². The van der Waals surface area contributed by atoms with Gasteiger partial charge in [-0.2, -0.15) is 5.10 Å². The molecule has 4 heterocycles. The smallest absolute Gasteiger partial charge is 0.407 e. The zero-order chi connectivity index (χ0) is 28.1. The number of aromatic nitrogens is 5. The second kappa shape index (κ2) is 11.9. The van der Waals surface area contributed by atoms with Gasteiger partial charge >= 0.3 is 6.09 Å². The molecule has 208 valence electrons. The third-order valence-corrected chi connectivity index (χ3v) is 6.88. The van der Waals surface area contributed by atoms with Gasteiger partial charge in [0.2, 0.25) is 0 Å². The summed E-state index contributed by atoms with van der Waals surface area (Å²) in [7, 11) is 0. The van der Waals surface area contributed by atoms with Crippen molar-refractivity contribution in [1.29, 1.82) is 0 Å². The zero-order valence-electron chi connectivity index (χ0n) is 23.7. The number of hydrogen-bond donors (Lipinski definition) is 1. The van der Waals surface area contributed by atoms with E-state index in [0.717, 1.165) is 66.4 Å². The first-order chi connectivity index (χ1) is 19.3. The van der Waals surface area contributed by atoms with Crippen LogP contribution in [0.5, 0.6) is 0 Å². The number of nitrogens with zero attached hydrogens (tertiary/aromatic N) is 6. The van der Waals surface area contributed by atoms with Crippen molar-refractivity contribution in [3.05, 3.63) is 78.6 Å². The van der Waals surface area contributed by atoms with Crippen molar-refractivity contribution in [1.82, 2.24) is 30.0 Å². The second-order valence-electron chi connectivity index (χ2n) is 11.1. The molecule has 0 aliphatic carbocycles. The summed E-state index contributed by atoms with van der Waals surface area (Å²) < 4.78 is 7.32. The van der Waals surface area contributed by atoms with Crippen molar-refractivity contribution in [2.45, 2.75) is 65.1 Å². The number of hydrogen-bond acceptors (Lipinski definition) is 7. The van der Waals surface area contributed by atoms with Crippen molar-refractivity contribution >= 4 is 11.8 Å². The molecule has 1 aliphatic rings. The summed E-state index contributed by atoms with van der Waals surface area (Å²) in [6, 6.07) is 14.6. The number of alkyl carbamates (subject to hydrolysis) is 1. The number of anilines is 1. The van der Waals surface area contributed by atoms with Crippen LogP contribution in [0.1, 0.15) is 51.9 Å². The summed E-state index contributed by atoms with van der Waals surface area (Å²) in [5.41, 5.74) is 5.50. The Hall–Kier alpha value is -4.27. The number of ether oxygens (including phenoxy) is 1.